The molecule has 1 amide bonds. The lowest BCUT2D eigenvalue weighted by molar-refractivity contribution is -0.385. The number of carbonyl (C=O) groups is 1. The molecule has 2 N–H and O–H groups in total. The third-order valence-electron chi connectivity index (χ3n) is 2.69. The number of anilines is 2. The third-order valence-corrected chi connectivity index (χ3v) is 3.63. The maximum Gasteiger partial charge on any atom is 0.288 e. The molecule has 0 spiro atoms. The molecule has 108 valence electrons. The van der Waals surface area contributed by atoms with E-state index < -0.39 is 10.8 Å². The molecule has 0 atom stereocenters. The van der Waals surface area contributed by atoms with Crippen molar-refractivity contribution in [3.63, 3.8) is 0 Å². The summed E-state index contributed by atoms with van der Waals surface area (Å²) < 4.78 is 0.868. The molecule has 0 radical (unpaired) electrons. The van der Waals surface area contributed by atoms with Crippen LogP contribution in [0, 0.1) is 13.7 Å². The lowest BCUT2D eigenvalue weighted by Gasteiger charge is -2.10. The standard InChI is InChI=1S/C13H11IN4O3/c1-15-12-9(6-8(7-16-12)18(20)21)13(19)17-11-5-3-2-4-10(11)14/h2-7H,1H3,(H,15,16)(H,17,19). The Labute approximate surface area is 134 Å². The van der Waals surface area contributed by atoms with Crippen LogP contribution in [0.2, 0.25) is 0 Å². The van der Waals surface area contributed by atoms with E-state index >= 15 is 0 Å². The molecule has 0 saturated heterocycles. The van der Waals surface area contributed by atoms with Crippen LogP contribution in [0.4, 0.5) is 17.2 Å². The fourth-order valence-corrected chi connectivity index (χ4v) is 2.20. The molecule has 0 aliphatic rings. The van der Waals surface area contributed by atoms with Crippen LogP contribution < -0.4 is 10.6 Å². The normalized spacial score (nSPS) is 10.0. The number of pyridine rings is 1. The van der Waals surface area contributed by atoms with Gasteiger partial charge in [0.2, 0.25) is 0 Å². The summed E-state index contributed by atoms with van der Waals surface area (Å²) >= 11 is 2.09. The second-order valence-corrected chi connectivity index (χ2v) is 5.19. The van der Waals surface area contributed by atoms with Crippen molar-refractivity contribution in [3.8, 4) is 0 Å². The van der Waals surface area contributed by atoms with E-state index in [0.29, 0.717) is 5.69 Å². The number of carbonyl (C=O) groups excluding carboxylic acids is 1. The number of aromatic nitrogens is 1. The van der Waals surface area contributed by atoms with Gasteiger partial charge in [-0.3, -0.25) is 14.9 Å². The number of benzene rings is 1. The Hall–Kier alpha value is -2.23. The second-order valence-electron chi connectivity index (χ2n) is 4.03. The number of rotatable bonds is 4. The Morgan fingerprint density at radius 1 is 1.38 bits per heavy atom. The van der Waals surface area contributed by atoms with Crippen molar-refractivity contribution in [3.05, 3.63) is 55.8 Å². The minimum Gasteiger partial charge on any atom is -0.372 e. The van der Waals surface area contributed by atoms with Crippen LogP contribution in [0.25, 0.3) is 0 Å². The fraction of sp³-hybridized carbons (Fsp3) is 0.0769. The summed E-state index contributed by atoms with van der Waals surface area (Å²) in [6, 6.07) is 8.45. The third kappa shape index (κ3) is 3.45. The molecule has 1 aromatic carbocycles. The van der Waals surface area contributed by atoms with E-state index in [2.05, 4.69) is 38.2 Å². The molecule has 0 fully saturated rings. The number of nitrogens with zero attached hydrogens (tertiary/aromatic N) is 2. The average molecular weight is 398 g/mol. The minimum absolute atomic E-state index is 0.117. The van der Waals surface area contributed by atoms with Crippen LogP contribution in [0.1, 0.15) is 10.4 Å². The van der Waals surface area contributed by atoms with Gasteiger partial charge in [-0.05, 0) is 34.7 Å². The van der Waals surface area contributed by atoms with E-state index in [9.17, 15) is 14.9 Å². The van der Waals surface area contributed by atoms with Crippen molar-refractivity contribution in [1.82, 2.24) is 4.98 Å². The Morgan fingerprint density at radius 3 is 2.71 bits per heavy atom. The summed E-state index contributed by atoms with van der Waals surface area (Å²) in [5.41, 5.74) is 0.518. The maximum atomic E-state index is 12.3. The van der Waals surface area contributed by atoms with Crippen molar-refractivity contribution in [1.29, 1.82) is 0 Å². The summed E-state index contributed by atoms with van der Waals surface area (Å²) in [6.07, 6.45) is 1.11. The first kappa shape index (κ1) is 15.2. The highest BCUT2D eigenvalue weighted by Crippen LogP contribution is 2.22. The Bertz CT molecular complexity index is 706. The molecule has 2 rings (SSSR count). The van der Waals surface area contributed by atoms with Crippen molar-refractivity contribution in [2.75, 3.05) is 17.7 Å². The van der Waals surface area contributed by atoms with Crippen molar-refractivity contribution >= 4 is 45.7 Å². The molecular formula is C13H11IN4O3. The predicted octanol–water partition coefficient (Wildman–Crippen LogP) is 2.89. The Balaban J connectivity index is 2.36. The molecule has 2 aromatic rings. The maximum absolute atomic E-state index is 12.3. The van der Waals surface area contributed by atoms with E-state index in [4.69, 9.17) is 0 Å². The first-order valence-corrected chi connectivity index (χ1v) is 6.99. The second kappa shape index (κ2) is 6.48. The van der Waals surface area contributed by atoms with Gasteiger partial charge in [0, 0.05) is 16.7 Å². The van der Waals surface area contributed by atoms with Gasteiger partial charge in [0.1, 0.15) is 12.0 Å². The molecule has 0 saturated carbocycles. The van der Waals surface area contributed by atoms with Crippen LogP contribution in [0.3, 0.4) is 0 Å². The summed E-state index contributed by atoms with van der Waals surface area (Å²) in [5, 5.41) is 16.3. The smallest absolute Gasteiger partial charge is 0.288 e. The van der Waals surface area contributed by atoms with Gasteiger partial charge in [-0.25, -0.2) is 4.98 Å². The SMILES string of the molecule is CNc1ncc([N+](=O)[O-])cc1C(=O)Nc1ccccc1I. The number of halogens is 1. The van der Waals surface area contributed by atoms with E-state index in [-0.39, 0.29) is 17.1 Å². The highest BCUT2D eigenvalue weighted by molar-refractivity contribution is 14.1. The first-order valence-electron chi connectivity index (χ1n) is 5.91. The van der Waals surface area contributed by atoms with Gasteiger partial charge >= 0.3 is 0 Å². The van der Waals surface area contributed by atoms with E-state index in [1.54, 1.807) is 19.2 Å². The number of hydrogen-bond donors (Lipinski definition) is 2. The van der Waals surface area contributed by atoms with E-state index in [1.807, 2.05) is 12.1 Å². The van der Waals surface area contributed by atoms with Gasteiger partial charge in [-0.2, -0.15) is 0 Å². The zero-order chi connectivity index (χ0) is 15.4. The lowest BCUT2D eigenvalue weighted by Crippen LogP contribution is -2.16. The lowest BCUT2D eigenvalue weighted by atomic mass is 10.2. The van der Waals surface area contributed by atoms with Gasteiger partial charge < -0.3 is 10.6 Å². The van der Waals surface area contributed by atoms with E-state index in [0.717, 1.165) is 9.77 Å². The molecule has 1 aromatic heterocycles. The molecule has 1 heterocycles. The van der Waals surface area contributed by atoms with E-state index in [1.165, 1.54) is 6.07 Å². The molecule has 0 bridgehead atoms. The largest absolute Gasteiger partial charge is 0.372 e. The monoisotopic (exact) mass is 398 g/mol. The number of nitro groups is 1. The summed E-state index contributed by atoms with van der Waals surface area (Å²) in [7, 11) is 1.59. The number of nitrogens with one attached hydrogen (secondary N) is 2. The van der Waals surface area contributed by atoms with Gasteiger partial charge in [0.25, 0.3) is 11.6 Å². The van der Waals surface area contributed by atoms with Gasteiger partial charge in [0.05, 0.1) is 16.2 Å². The van der Waals surface area contributed by atoms with Crippen LogP contribution in [-0.2, 0) is 0 Å². The van der Waals surface area contributed by atoms with Gasteiger partial charge in [-0.15, -0.1) is 0 Å². The zero-order valence-corrected chi connectivity index (χ0v) is 13.1. The van der Waals surface area contributed by atoms with Crippen LogP contribution in [0.15, 0.2) is 36.5 Å². The molecule has 0 aliphatic heterocycles. The van der Waals surface area contributed by atoms with Gasteiger partial charge in [-0.1, -0.05) is 12.1 Å². The minimum atomic E-state index is -0.588. The predicted molar refractivity (Wildman–Crippen MR) is 87.6 cm³/mol. The molecule has 8 heteroatoms. The first-order chi connectivity index (χ1) is 10.0. The number of para-hydroxylation sites is 1. The molecule has 0 aliphatic carbocycles. The average Bonchev–Trinajstić information content (AvgIpc) is 2.48. The highest BCUT2D eigenvalue weighted by atomic mass is 127. The van der Waals surface area contributed by atoms with Crippen molar-refractivity contribution in [2.24, 2.45) is 0 Å². The molecule has 0 unspecified atom stereocenters. The number of amides is 1. The summed E-state index contributed by atoms with van der Waals surface area (Å²) in [4.78, 5) is 26.4. The number of hydrogen-bond acceptors (Lipinski definition) is 5. The molecular weight excluding hydrogens is 387 g/mol. The van der Waals surface area contributed by atoms with Crippen LogP contribution in [-0.4, -0.2) is 22.9 Å². The molecule has 7 nitrogen and oxygen atoms in total. The fourth-order valence-electron chi connectivity index (χ4n) is 1.68. The quantitative estimate of drug-likeness (QED) is 0.469. The summed E-state index contributed by atoms with van der Waals surface area (Å²) in [5.74, 6) is -0.177. The Morgan fingerprint density at radius 2 is 2.10 bits per heavy atom. The summed E-state index contributed by atoms with van der Waals surface area (Å²) in [6.45, 7) is 0. The van der Waals surface area contributed by atoms with Gasteiger partial charge in [0.15, 0.2) is 0 Å². The van der Waals surface area contributed by atoms with Crippen molar-refractivity contribution < 1.29 is 9.72 Å². The highest BCUT2D eigenvalue weighted by Gasteiger charge is 2.18. The van der Waals surface area contributed by atoms with Crippen molar-refractivity contribution in [2.45, 2.75) is 0 Å². The molecule has 21 heavy (non-hydrogen) atoms. The van der Waals surface area contributed by atoms with Crippen LogP contribution in [0.5, 0.6) is 0 Å². The topological polar surface area (TPSA) is 97.2 Å². The zero-order valence-electron chi connectivity index (χ0n) is 11.0. The van der Waals surface area contributed by atoms with Crippen LogP contribution >= 0.6 is 22.6 Å². The Kier molecular flexibility index (Phi) is 4.68.